The second-order valence-electron chi connectivity index (χ2n) is 7.62. The van der Waals surface area contributed by atoms with E-state index in [1.807, 2.05) is 36.4 Å². The smallest absolute Gasteiger partial charge is 0.161 e. The monoisotopic (exact) mass is 395 g/mol. The van der Waals surface area contributed by atoms with Crippen LogP contribution >= 0.6 is 0 Å². The largest absolute Gasteiger partial charge is 0.491 e. The Labute approximate surface area is 172 Å². The van der Waals surface area contributed by atoms with Crippen LogP contribution in [0.15, 0.2) is 55.1 Å². The lowest BCUT2D eigenvalue weighted by Gasteiger charge is -2.28. The minimum atomic E-state index is -0.551. The van der Waals surface area contributed by atoms with Gasteiger partial charge in [0.1, 0.15) is 31.7 Å². The van der Waals surface area contributed by atoms with Crippen molar-refractivity contribution >= 4 is 0 Å². The zero-order valence-corrected chi connectivity index (χ0v) is 16.8. The third-order valence-electron chi connectivity index (χ3n) is 5.53. The first kappa shape index (κ1) is 19.8. The molecule has 1 saturated heterocycles. The van der Waals surface area contributed by atoms with Crippen molar-refractivity contribution in [2.45, 2.75) is 31.4 Å². The Morgan fingerprint density at radius 3 is 2.86 bits per heavy atom. The highest BCUT2D eigenvalue weighted by Gasteiger charge is 2.29. The van der Waals surface area contributed by atoms with Crippen LogP contribution in [-0.4, -0.2) is 49.0 Å². The molecule has 2 aromatic carbocycles. The second kappa shape index (κ2) is 9.33. The van der Waals surface area contributed by atoms with Crippen LogP contribution in [0.5, 0.6) is 17.2 Å². The number of benzene rings is 2. The van der Waals surface area contributed by atoms with E-state index in [-0.39, 0.29) is 12.6 Å². The van der Waals surface area contributed by atoms with Gasteiger partial charge in [0, 0.05) is 12.6 Å². The van der Waals surface area contributed by atoms with Gasteiger partial charge in [-0.2, -0.15) is 0 Å². The predicted molar refractivity (Wildman–Crippen MR) is 113 cm³/mol. The Balaban J connectivity index is 1.36. The number of fused-ring (bicyclic) bond motifs is 1. The lowest BCUT2D eigenvalue weighted by molar-refractivity contribution is 0.0635. The van der Waals surface area contributed by atoms with E-state index >= 15 is 0 Å². The fourth-order valence-corrected chi connectivity index (χ4v) is 4.17. The van der Waals surface area contributed by atoms with Crippen LogP contribution in [0.2, 0.25) is 0 Å². The summed E-state index contributed by atoms with van der Waals surface area (Å²) in [6.45, 7) is 6.83. The summed E-state index contributed by atoms with van der Waals surface area (Å²) in [7, 11) is 0. The molecule has 0 amide bonds. The summed E-state index contributed by atoms with van der Waals surface area (Å²) >= 11 is 0. The summed E-state index contributed by atoms with van der Waals surface area (Å²) in [5.74, 6) is 2.45. The van der Waals surface area contributed by atoms with Gasteiger partial charge in [0.25, 0.3) is 0 Å². The number of aliphatic hydroxyl groups excluding tert-OH is 1. The van der Waals surface area contributed by atoms with E-state index in [1.54, 1.807) is 0 Å². The fourth-order valence-electron chi connectivity index (χ4n) is 4.17. The van der Waals surface area contributed by atoms with Crippen molar-refractivity contribution in [2.75, 3.05) is 32.9 Å². The van der Waals surface area contributed by atoms with E-state index in [0.29, 0.717) is 19.8 Å². The van der Waals surface area contributed by atoms with Crippen LogP contribution in [0.4, 0.5) is 0 Å². The summed E-state index contributed by atoms with van der Waals surface area (Å²) in [6, 6.07) is 14.4. The highest BCUT2D eigenvalue weighted by atomic mass is 16.6. The maximum Gasteiger partial charge on any atom is 0.161 e. The first-order chi connectivity index (χ1) is 14.2. The number of rotatable bonds is 8. The first-order valence-corrected chi connectivity index (χ1v) is 10.4. The van der Waals surface area contributed by atoms with Gasteiger partial charge in [-0.3, -0.25) is 4.90 Å². The molecule has 0 aliphatic carbocycles. The number of hydrogen-bond acceptors (Lipinski definition) is 5. The molecule has 1 fully saturated rings. The molecule has 2 aliphatic rings. The lowest BCUT2D eigenvalue weighted by Crippen LogP contribution is -2.35. The molecule has 5 heteroatoms. The Hall–Kier alpha value is -2.50. The van der Waals surface area contributed by atoms with Crippen molar-refractivity contribution in [3.8, 4) is 17.2 Å². The number of allylic oxidation sites excluding steroid dienone is 1. The quantitative estimate of drug-likeness (QED) is 0.690. The maximum absolute atomic E-state index is 10.6. The molecule has 2 heterocycles. The van der Waals surface area contributed by atoms with E-state index in [2.05, 4.69) is 23.6 Å². The van der Waals surface area contributed by atoms with Crippen molar-refractivity contribution in [1.82, 2.24) is 4.90 Å². The molecule has 2 unspecified atom stereocenters. The molecule has 2 aromatic rings. The number of hydrogen-bond donors (Lipinski definition) is 1. The third kappa shape index (κ3) is 4.74. The number of aliphatic hydroxyl groups is 1. The van der Waals surface area contributed by atoms with Crippen molar-refractivity contribution < 1.29 is 19.3 Å². The third-order valence-corrected chi connectivity index (χ3v) is 5.53. The Bertz CT molecular complexity index is 837. The van der Waals surface area contributed by atoms with E-state index < -0.39 is 6.10 Å². The summed E-state index contributed by atoms with van der Waals surface area (Å²) < 4.78 is 17.3. The van der Waals surface area contributed by atoms with Crippen LogP contribution in [-0.2, 0) is 6.42 Å². The van der Waals surface area contributed by atoms with E-state index in [4.69, 9.17) is 14.2 Å². The van der Waals surface area contributed by atoms with Gasteiger partial charge in [0.15, 0.2) is 11.5 Å². The van der Waals surface area contributed by atoms with Gasteiger partial charge in [-0.25, -0.2) is 0 Å². The summed E-state index contributed by atoms with van der Waals surface area (Å²) in [4.78, 5) is 2.34. The normalized spacial score (nSPS) is 19.7. The van der Waals surface area contributed by atoms with Gasteiger partial charge in [-0.15, -0.1) is 6.58 Å². The predicted octanol–water partition coefficient (Wildman–Crippen LogP) is 3.76. The molecule has 0 saturated carbocycles. The minimum Gasteiger partial charge on any atom is -0.491 e. The van der Waals surface area contributed by atoms with Gasteiger partial charge >= 0.3 is 0 Å². The molecule has 29 heavy (non-hydrogen) atoms. The van der Waals surface area contributed by atoms with Crippen LogP contribution in [0.1, 0.15) is 30.0 Å². The standard InChI is InChI=1S/C24H29NO4/c1-2-6-18-7-3-4-9-22(18)29-17-20(26)16-25-12-5-8-21(25)19-10-11-23-24(15-19)28-14-13-27-23/h2-4,7,9-11,15,20-21,26H,1,5-6,8,12-14,16-17H2. The van der Waals surface area contributed by atoms with Crippen LogP contribution in [0.25, 0.3) is 0 Å². The molecule has 0 radical (unpaired) electrons. The molecule has 5 nitrogen and oxygen atoms in total. The van der Waals surface area contributed by atoms with Crippen molar-refractivity contribution in [1.29, 1.82) is 0 Å². The average Bonchev–Trinajstić information content (AvgIpc) is 3.21. The Kier molecular flexibility index (Phi) is 6.37. The van der Waals surface area contributed by atoms with Crippen LogP contribution in [0, 0.1) is 0 Å². The van der Waals surface area contributed by atoms with Gasteiger partial charge in [0.05, 0.1) is 0 Å². The molecule has 4 rings (SSSR count). The SMILES string of the molecule is C=CCc1ccccc1OCC(O)CN1CCCC1c1ccc2c(c1)OCCO2. The zero-order valence-electron chi connectivity index (χ0n) is 16.8. The highest BCUT2D eigenvalue weighted by molar-refractivity contribution is 5.44. The van der Waals surface area contributed by atoms with E-state index in [0.717, 1.165) is 48.6 Å². The molecule has 2 aliphatic heterocycles. The molecule has 1 N–H and O–H groups in total. The molecular weight excluding hydrogens is 366 g/mol. The minimum absolute atomic E-state index is 0.276. The van der Waals surface area contributed by atoms with Crippen molar-refractivity contribution in [3.05, 3.63) is 66.2 Å². The molecule has 154 valence electrons. The molecule has 0 spiro atoms. The Morgan fingerprint density at radius 2 is 2.00 bits per heavy atom. The van der Waals surface area contributed by atoms with Gasteiger partial charge < -0.3 is 19.3 Å². The molecule has 0 bridgehead atoms. The highest BCUT2D eigenvalue weighted by Crippen LogP contribution is 2.38. The zero-order chi connectivity index (χ0) is 20.1. The number of β-amino-alcohol motifs (C(OH)–C–C–N with tert-alkyl or cyclic N) is 1. The van der Waals surface area contributed by atoms with E-state index in [9.17, 15) is 5.11 Å². The topological polar surface area (TPSA) is 51.2 Å². The summed E-state index contributed by atoms with van der Waals surface area (Å²) in [5, 5.41) is 10.6. The number of likely N-dealkylation sites (tertiary alicyclic amines) is 1. The molecular formula is C24H29NO4. The van der Waals surface area contributed by atoms with Crippen LogP contribution in [0.3, 0.4) is 0 Å². The van der Waals surface area contributed by atoms with Gasteiger partial charge in [-0.05, 0) is 55.1 Å². The fraction of sp³-hybridized carbons (Fsp3) is 0.417. The van der Waals surface area contributed by atoms with Gasteiger partial charge in [-0.1, -0.05) is 30.3 Å². The van der Waals surface area contributed by atoms with Gasteiger partial charge in [0.2, 0.25) is 0 Å². The lowest BCUT2D eigenvalue weighted by atomic mass is 10.0. The molecule has 2 atom stereocenters. The van der Waals surface area contributed by atoms with E-state index in [1.165, 1.54) is 5.56 Å². The number of nitrogens with zero attached hydrogens (tertiary/aromatic N) is 1. The summed E-state index contributed by atoms with van der Waals surface area (Å²) in [5.41, 5.74) is 2.31. The Morgan fingerprint density at radius 1 is 1.17 bits per heavy atom. The summed E-state index contributed by atoms with van der Waals surface area (Å²) in [6.07, 6.45) is 4.26. The first-order valence-electron chi connectivity index (χ1n) is 10.4. The second-order valence-corrected chi connectivity index (χ2v) is 7.62. The maximum atomic E-state index is 10.6. The van der Waals surface area contributed by atoms with Crippen molar-refractivity contribution in [2.24, 2.45) is 0 Å². The number of ether oxygens (including phenoxy) is 3. The van der Waals surface area contributed by atoms with Crippen LogP contribution < -0.4 is 14.2 Å². The average molecular weight is 395 g/mol. The number of para-hydroxylation sites is 1. The molecule has 0 aromatic heterocycles. The van der Waals surface area contributed by atoms with Crippen molar-refractivity contribution in [3.63, 3.8) is 0 Å².